The minimum absolute atomic E-state index is 0.115. The molecule has 2 nitrogen and oxygen atoms in total. The second-order valence-electron chi connectivity index (χ2n) is 6.39. The zero-order chi connectivity index (χ0) is 18.1. The molecule has 0 radical (unpaired) electrons. The number of nitrogens with zero attached hydrogens (tertiary/aromatic N) is 2. The Labute approximate surface area is 160 Å². The fourth-order valence-electron chi connectivity index (χ4n) is 3.29. The van der Waals surface area contributed by atoms with Gasteiger partial charge in [0, 0.05) is 5.41 Å². The Hall–Kier alpha value is -1.96. The van der Waals surface area contributed by atoms with Crippen molar-refractivity contribution in [3.05, 3.63) is 70.8 Å². The third-order valence-electron chi connectivity index (χ3n) is 4.50. The lowest BCUT2D eigenvalue weighted by atomic mass is 9.73. The van der Waals surface area contributed by atoms with Crippen LogP contribution in [-0.4, -0.2) is 23.4 Å². The molecule has 0 amide bonds. The fraction of sp³-hybridized carbons (Fsp3) is 0.333. The summed E-state index contributed by atoms with van der Waals surface area (Å²) in [5.74, 6) is 0. The second kappa shape index (κ2) is 9.50. The van der Waals surface area contributed by atoms with E-state index in [9.17, 15) is 0 Å². The summed E-state index contributed by atoms with van der Waals surface area (Å²) in [4.78, 5) is 8.13. The summed E-state index contributed by atoms with van der Waals surface area (Å²) in [7, 11) is 0. The molecule has 0 saturated carbocycles. The molecule has 0 aliphatic rings. The molecule has 0 saturated heterocycles. The molecular weight excluding hydrogens is 344 g/mol. The van der Waals surface area contributed by atoms with Crippen molar-refractivity contribution in [3.8, 4) is 0 Å². The van der Waals surface area contributed by atoms with Gasteiger partial charge in [0.05, 0.1) is 23.4 Å². The standard InChI is InChI=1S/C21H22N2S2/c1-21(2,19-9-5-3-7-17(19)11-13-22-15-24)20-10-6-4-8-18(20)12-14-23-16-25/h3-10H,11-14H2,1-2H3. The molecule has 128 valence electrons. The first-order chi connectivity index (χ1) is 12.1. The molecule has 2 aromatic rings. The van der Waals surface area contributed by atoms with Gasteiger partial charge in [-0.05, 0) is 59.5 Å². The van der Waals surface area contributed by atoms with Gasteiger partial charge in [0.15, 0.2) is 0 Å². The van der Waals surface area contributed by atoms with E-state index in [0.29, 0.717) is 13.1 Å². The lowest BCUT2D eigenvalue weighted by Crippen LogP contribution is -2.23. The average molecular weight is 367 g/mol. The van der Waals surface area contributed by atoms with Gasteiger partial charge < -0.3 is 0 Å². The van der Waals surface area contributed by atoms with Crippen LogP contribution in [0.5, 0.6) is 0 Å². The van der Waals surface area contributed by atoms with Gasteiger partial charge >= 0.3 is 0 Å². The molecule has 25 heavy (non-hydrogen) atoms. The molecule has 0 N–H and O–H groups in total. The Balaban J connectivity index is 2.42. The summed E-state index contributed by atoms with van der Waals surface area (Å²) < 4.78 is 0. The number of rotatable bonds is 8. The molecule has 2 aromatic carbocycles. The molecule has 0 fully saturated rings. The number of isothiocyanates is 2. The first-order valence-electron chi connectivity index (χ1n) is 8.35. The van der Waals surface area contributed by atoms with E-state index in [2.05, 4.69) is 107 Å². The number of hydrogen-bond acceptors (Lipinski definition) is 4. The van der Waals surface area contributed by atoms with Gasteiger partial charge in [-0.3, -0.25) is 0 Å². The highest BCUT2D eigenvalue weighted by Gasteiger charge is 2.27. The maximum absolute atomic E-state index is 4.68. The highest BCUT2D eigenvalue weighted by Crippen LogP contribution is 2.36. The third kappa shape index (κ3) is 5.01. The monoisotopic (exact) mass is 366 g/mol. The molecule has 0 unspecified atom stereocenters. The van der Waals surface area contributed by atoms with Crippen molar-refractivity contribution in [2.24, 2.45) is 9.98 Å². The van der Waals surface area contributed by atoms with E-state index in [4.69, 9.17) is 0 Å². The summed E-state index contributed by atoms with van der Waals surface area (Å²) in [5, 5.41) is 4.90. The average Bonchev–Trinajstić information content (AvgIpc) is 2.63. The Bertz CT molecular complexity index is 747. The number of aliphatic imine (C=N–C) groups is 2. The van der Waals surface area contributed by atoms with Gasteiger partial charge in [0.2, 0.25) is 0 Å². The van der Waals surface area contributed by atoms with Gasteiger partial charge in [-0.1, -0.05) is 62.4 Å². The number of benzene rings is 2. The summed E-state index contributed by atoms with van der Waals surface area (Å²) in [6, 6.07) is 17.1. The van der Waals surface area contributed by atoms with Crippen LogP contribution in [0.3, 0.4) is 0 Å². The number of thiocarbonyl (C=S) groups is 2. The topological polar surface area (TPSA) is 24.7 Å². The molecule has 2 rings (SSSR count). The molecule has 4 heteroatoms. The van der Waals surface area contributed by atoms with Crippen LogP contribution in [0, 0.1) is 0 Å². The molecule has 0 aliphatic heterocycles. The predicted octanol–water partition coefficient (Wildman–Crippen LogP) is 5.30. The lowest BCUT2D eigenvalue weighted by molar-refractivity contribution is 0.622. The SMILES string of the molecule is CC(C)(c1ccccc1CCN=C=S)c1ccccc1CCN=C=S. The van der Waals surface area contributed by atoms with Gasteiger partial charge in [-0.15, -0.1) is 0 Å². The Morgan fingerprint density at radius 2 is 1.16 bits per heavy atom. The summed E-state index contributed by atoms with van der Waals surface area (Å²) in [5.41, 5.74) is 5.12. The Kier molecular flexibility index (Phi) is 7.36. The van der Waals surface area contributed by atoms with Crippen LogP contribution in [0.2, 0.25) is 0 Å². The van der Waals surface area contributed by atoms with Crippen molar-refractivity contribution in [3.63, 3.8) is 0 Å². The first kappa shape index (κ1) is 19.4. The highest BCUT2D eigenvalue weighted by molar-refractivity contribution is 7.78. The van der Waals surface area contributed by atoms with Gasteiger partial charge in [-0.25, -0.2) is 9.98 Å². The maximum Gasteiger partial charge on any atom is 0.0585 e. The lowest BCUT2D eigenvalue weighted by Gasteiger charge is -2.30. The summed E-state index contributed by atoms with van der Waals surface area (Å²) >= 11 is 9.36. The minimum Gasteiger partial charge on any atom is -0.232 e. The van der Waals surface area contributed by atoms with Crippen LogP contribution in [-0.2, 0) is 18.3 Å². The van der Waals surface area contributed by atoms with Crippen LogP contribution < -0.4 is 0 Å². The molecule has 0 heterocycles. The first-order valence-corrected chi connectivity index (χ1v) is 9.17. The zero-order valence-electron chi connectivity index (χ0n) is 14.7. The van der Waals surface area contributed by atoms with E-state index in [0.717, 1.165) is 12.8 Å². The third-order valence-corrected chi connectivity index (χ3v) is 4.75. The molecular formula is C21H22N2S2. The second-order valence-corrected chi connectivity index (χ2v) is 6.75. The van der Waals surface area contributed by atoms with Gasteiger partial charge in [0.1, 0.15) is 0 Å². The van der Waals surface area contributed by atoms with Crippen molar-refractivity contribution < 1.29 is 0 Å². The molecule has 0 aliphatic carbocycles. The summed E-state index contributed by atoms with van der Waals surface area (Å²) in [6.45, 7) is 5.88. The Morgan fingerprint density at radius 3 is 1.56 bits per heavy atom. The smallest absolute Gasteiger partial charge is 0.0585 e. The quantitative estimate of drug-likeness (QED) is 0.467. The normalized spacial score (nSPS) is 10.6. The van der Waals surface area contributed by atoms with Crippen molar-refractivity contribution >= 4 is 34.8 Å². The van der Waals surface area contributed by atoms with Crippen molar-refractivity contribution in [1.29, 1.82) is 0 Å². The highest BCUT2D eigenvalue weighted by atomic mass is 32.1. The van der Waals surface area contributed by atoms with Crippen LogP contribution in [0.4, 0.5) is 0 Å². The van der Waals surface area contributed by atoms with E-state index < -0.39 is 0 Å². The summed E-state index contributed by atoms with van der Waals surface area (Å²) in [6.07, 6.45) is 1.72. The fourth-order valence-corrected chi connectivity index (χ4v) is 3.47. The van der Waals surface area contributed by atoms with Crippen LogP contribution >= 0.6 is 24.4 Å². The maximum atomic E-state index is 4.68. The number of hydrogen-bond donors (Lipinski definition) is 0. The van der Waals surface area contributed by atoms with E-state index in [1.807, 2.05) is 0 Å². The van der Waals surface area contributed by atoms with E-state index in [1.165, 1.54) is 22.3 Å². The van der Waals surface area contributed by atoms with Crippen molar-refractivity contribution in [1.82, 2.24) is 0 Å². The zero-order valence-corrected chi connectivity index (χ0v) is 16.3. The largest absolute Gasteiger partial charge is 0.232 e. The van der Waals surface area contributed by atoms with Gasteiger partial charge in [-0.2, -0.15) is 0 Å². The molecule has 0 atom stereocenters. The molecule has 0 bridgehead atoms. The van der Waals surface area contributed by atoms with Gasteiger partial charge in [0.25, 0.3) is 0 Å². The van der Waals surface area contributed by atoms with E-state index in [1.54, 1.807) is 0 Å². The molecule has 0 spiro atoms. The predicted molar refractivity (Wildman–Crippen MR) is 112 cm³/mol. The Morgan fingerprint density at radius 1 is 0.760 bits per heavy atom. The van der Waals surface area contributed by atoms with E-state index in [-0.39, 0.29) is 5.41 Å². The van der Waals surface area contributed by atoms with Crippen molar-refractivity contribution in [2.45, 2.75) is 32.1 Å². The van der Waals surface area contributed by atoms with Crippen molar-refractivity contribution in [2.75, 3.05) is 13.1 Å². The van der Waals surface area contributed by atoms with Crippen LogP contribution in [0.25, 0.3) is 0 Å². The van der Waals surface area contributed by atoms with E-state index >= 15 is 0 Å². The molecule has 0 aromatic heterocycles. The van der Waals surface area contributed by atoms with Crippen LogP contribution in [0.15, 0.2) is 58.5 Å². The minimum atomic E-state index is -0.115. The van der Waals surface area contributed by atoms with Crippen LogP contribution in [0.1, 0.15) is 36.1 Å².